The van der Waals surface area contributed by atoms with E-state index in [0.29, 0.717) is 23.7 Å². The number of fused-ring (bicyclic) bond motifs is 2. The SMILES string of the molecule is Fc1c(Cl)ccn2cncc12.O=C(Nc1cc(NCc2cn3cc(C4CC4)ccc3n2)ncn1)C1CC1. The highest BCUT2D eigenvalue weighted by Gasteiger charge is 2.29. The third kappa shape index (κ3) is 5.39. The summed E-state index contributed by atoms with van der Waals surface area (Å²) >= 11 is 5.53. The molecule has 188 valence electrons. The van der Waals surface area contributed by atoms with E-state index in [0.717, 1.165) is 30.1 Å². The lowest BCUT2D eigenvalue weighted by molar-refractivity contribution is -0.117. The van der Waals surface area contributed by atoms with E-state index in [-0.39, 0.29) is 16.8 Å². The monoisotopic (exact) mass is 518 g/mol. The Kier molecular flexibility index (Phi) is 6.17. The third-order valence-corrected chi connectivity index (χ3v) is 6.66. The van der Waals surface area contributed by atoms with Gasteiger partial charge in [0.1, 0.15) is 29.1 Å². The van der Waals surface area contributed by atoms with Crippen molar-refractivity contribution in [3.05, 3.63) is 83.8 Å². The van der Waals surface area contributed by atoms with Gasteiger partial charge in [-0.2, -0.15) is 0 Å². The van der Waals surface area contributed by atoms with E-state index in [9.17, 15) is 9.18 Å². The van der Waals surface area contributed by atoms with Crippen LogP contribution in [0.4, 0.5) is 16.0 Å². The first-order valence-corrected chi connectivity index (χ1v) is 12.5. The molecule has 0 radical (unpaired) electrons. The standard InChI is InChI=1S/C19H20N6O.C7H4ClFN2/c26-19(13-3-4-13)24-17-7-16(21-11-22-17)20-8-15-10-25-9-14(12-1-2-12)5-6-18(25)23-15;8-5-1-2-11-4-10-3-6(11)7(5)9/h5-7,9-13H,1-4,8H2,(H2,20,21,22,24,26);1-4H. The topological polar surface area (TPSA) is 102 Å². The van der Waals surface area contributed by atoms with E-state index in [1.165, 1.54) is 43.3 Å². The van der Waals surface area contributed by atoms with Gasteiger partial charge < -0.3 is 19.4 Å². The average molecular weight is 519 g/mol. The molecule has 0 spiro atoms. The lowest BCUT2D eigenvalue weighted by Gasteiger charge is -2.06. The van der Waals surface area contributed by atoms with Crippen LogP contribution in [0.2, 0.25) is 5.02 Å². The summed E-state index contributed by atoms with van der Waals surface area (Å²) in [6.07, 6.45) is 14.8. The van der Waals surface area contributed by atoms with E-state index in [4.69, 9.17) is 11.6 Å². The zero-order valence-electron chi connectivity index (χ0n) is 19.8. The van der Waals surface area contributed by atoms with Crippen LogP contribution in [0, 0.1) is 11.7 Å². The second kappa shape index (κ2) is 9.78. The van der Waals surface area contributed by atoms with Crippen LogP contribution in [0.25, 0.3) is 11.2 Å². The number of halogens is 2. The molecule has 0 aliphatic heterocycles. The van der Waals surface area contributed by atoms with Gasteiger partial charge in [0.05, 0.1) is 29.8 Å². The number of carbonyl (C=O) groups is 1. The van der Waals surface area contributed by atoms with Crippen molar-refractivity contribution in [2.24, 2.45) is 5.92 Å². The molecule has 0 atom stereocenters. The first-order valence-electron chi connectivity index (χ1n) is 12.1. The van der Waals surface area contributed by atoms with Crippen molar-refractivity contribution in [1.29, 1.82) is 0 Å². The van der Waals surface area contributed by atoms with Gasteiger partial charge in [-0.05, 0) is 49.3 Å². The fourth-order valence-corrected chi connectivity index (χ4v) is 4.17. The van der Waals surface area contributed by atoms with Crippen molar-refractivity contribution in [2.45, 2.75) is 38.1 Å². The van der Waals surface area contributed by atoms with Crippen molar-refractivity contribution < 1.29 is 9.18 Å². The average Bonchev–Trinajstić information content (AvgIpc) is 3.84. The molecule has 2 aliphatic rings. The highest BCUT2D eigenvalue weighted by atomic mass is 35.5. The Bertz CT molecular complexity index is 1590. The molecule has 5 aromatic heterocycles. The number of hydrogen-bond donors (Lipinski definition) is 2. The summed E-state index contributed by atoms with van der Waals surface area (Å²) < 4.78 is 16.7. The zero-order valence-corrected chi connectivity index (χ0v) is 20.6. The maximum atomic E-state index is 13.0. The Morgan fingerprint density at radius 2 is 1.92 bits per heavy atom. The van der Waals surface area contributed by atoms with Gasteiger partial charge in [-0.1, -0.05) is 17.7 Å². The van der Waals surface area contributed by atoms with Crippen LogP contribution < -0.4 is 10.6 Å². The van der Waals surface area contributed by atoms with Crippen LogP contribution in [0.1, 0.15) is 42.9 Å². The second-order valence-electron chi connectivity index (χ2n) is 9.30. The Morgan fingerprint density at radius 3 is 2.73 bits per heavy atom. The lowest BCUT2D eigenvalue weighted by atomic mass is 10.2. The normalized spacial score (nSPS) is 14.9. The third-order valence-electron chi connectivity index (χ3n) is 6.37. The van der Waals surface area contributed by atoms with E-state index < -0.39 is 5.82 Å². The van der Waals surface area contributed by atoms with Gasteiger partial charge in [0.2, 0.25) is 5.91 Å². The molecule has 2 N–H and O–H groups in total. The highest BCUT2D eigenvalue weighted by Crippen LogP contribution is 2.39. The summed E-state index contributed by atoms with van der Waals surface area (Å²) in [5, 5.41) is 6.21. The van der Waals surface area contributed by atoms with Crippen LogP contribution in [0.5, 0.6) is 0 Å². The number of nitrogens with zero attached hydrogens (tertiary/aromatic N) is 6. The van der Waals surface area contributed by atoms with Crippen LogP contribution >= 0.6 is 11.6 Å². The van der Waals surface area contributed by atoms with E-state index in [2.05, 4.69) is 53.3 Å². The molecule has 0 saturated heterocycles. The first-order chi connectivity index (χ1) is 18.0. The minimum Gasteiger partial charge on any atom is -0.364 e. The Balaban J connectivity index is 0.000000191. The van der Waals surface area contributed by atoms with Gasteiger partial charge in [-0.15, -0.1) is 0 Å². The number of anilines is 2. The Morgan fingerprint density at radius 1 is 1.08 bits per heavy atom. The molecule has 2 saturated carbocycles. The maximum Gasteiger partial charge on any atom is 0.228 e. The van der Waals surface area contributed by atoms with Gasteiger partial charge in [-0.3, -0.25) is 4.79 Å². The molecule has 11 heteroatoms. The summed E-state index contributed by atoms with van der Waals surface area (Å²) in [7, 11) is 0. The molecule has 5 aromatic rings. The lowest BCUT2D eigenvalue weighted by Crippen LogP contribution is -2.14. The number of pyridine rings is 2. The van der Waals surface area contributed by atoms with Crippen LogP contribution in [-0.2, 0) is 11.3 Å². The van der Waals surface area contributed by atoms with Crippen molar-refractivity contribution in [3.63, 3.8) is 0 Å². The minimum absolute atomic E-state index is 0.0430. The minimum atomic E-state index is -0.424. The van der Waals surface area contributed by atoms with Crippen LogP contribution in [0.15, 0.2) is 61.7 Å². The molecule has 7 rings (SSSR count). The van der Waals surface area contributed by atoms with Gasteiger partial charge in [0.25, 0.3) is 0 Å². The largest absolute Gasteiger partial charge is 0.364 e. The number of imidazole rings is 2. The number of carbonyl (C=O) groups excluding carboxylic acids is 1. The van der Waals surface area contributed by atoms with E-state index in [1.807, 2.05) is 6.20 Å². The molecule has 0 aromatic carbocycles. The molecule has 9 nitrogen and oxygen atoms in total. The highest BCUT2D eigenvalue weighted by molar-refractivity contribution is 6.31. The predicted molar refractivity (Wildman–Crippen MR) is 138 cm³/mol. The number of amides is 1. The van der Waals surface area contributed by atoms with Gasteiger partial charge >= 0.3 is 0 Å². The summed E-state index contributed by atoms with van der Waals surface area (Å²) in [5.74, 6) is 1.70. The molecule has 37 heavy (non-hydrogen) atoms. The molecule has 0 unspecified atom stereocenters. The molecule has 1 amide bonds. The van der Waals surface area contributed by atoms with Crippen molar-refractivity contribution in [1.82, 2.24) is 28.7 Å². The molecular formula is C26H24ClFN8O. The van der Waals surface area contributed by atoms with E-state index >= 15 is 0 Å². The summed E-state index contributed by atoms with van der Waals surface area (Å²) in [6, 6.07) is 7.50. The number of rotatable bonds is 6. The molecule has 0 bridgehead atoms. The number of aromatic nitrogens is 6. The first kappa shape index (κ1) is 23.4. The van der Waals surface area contributed by atoms with Crippen LogP contribution in [0.3, 0.4) is 0 Å². The molecule has 2 fully saturated rings. The number of hydrogen-bond acceptors (Lipinski definition) is 6. The fraction of sp³-hybridized carbons (Fsp3) is 0.269. The maximum absolute atomic E-state index is 13.0. The Hall–Kier alpha value is -4.05. The summed E-state index contributed by atoms with van der Waals surface area (Å²) in [5.41, 5.74) is 3.69. The predicted octanol–water partition coefficient (Wildman–Crippen LogP) is 5.09. The fourth-order valence-electron chi connectivity index (χ4n) is 4.02. The smallest absolute Gasteiger partial charge is 0.228 e. The summed E-state index contributed by atoms with van der Waals surface area (Å²) in [6.45, 7) is 0.563. The molecule has 2 aliphatic carbocycles. The second-order valence-corrected chi connectivity index (χ2v) is 9.71. The summed E-state index contributed by atoms with van der Waals surface area (Å²) in [4.78, 5) is 28.6. The molecular weight excluding hydrogens is 495 g/mol. The molecule has 5 heterocycles. The van der Waals surface area contributed by atoms with E-state index in [1.54, 1.807) is 16.7 Å². The Labute approximate surface area is 216 Å². The quantitative estimate of drug-likeness (QED) is 0.325. The van der Waals surface area contributed by atoms with Crippen molar-refractivity contribution in [2.75, 3.05) is 10.6 Å². The van der Waals surface area contributed by atoms with Gasteiger partial charge in [0.15, 0.2) is 5.82 Å². The van der Waals surface area contributed by atoms with Gasteiger partial charge in [-0.25, -0.2) is 24.3 Å². The van der Waals surface area contributed by atoms with Crippen molar-refractivity contribution in [3.8, 4) is 0 Å². The van der Waals surface area contributed by atoms with Gasteiger partial charge in [0, 0.05) is 30.6 Å². The van der Waals surface area contributed by atoms with Crippen LogP contribution in [-0.4, -0.2) is 34.6 Å². The van der Waals surface area contributed by atoms with Crippen molar-refractivity contribution >= 4 is 40.3 Å². The number of nitrogens with one attached hydrogen (secondary N) is 2. The zero-order chi connectivity index (χ0) is 25.4.